The van der Waals surface area contributed by atoms with E-state index in [1.807, 2.05) is 19.2 Å². The van der Waals surface area contributed by atoms with E-state index in [4.69, 9.17) is 0 Å². The van der Waals surface area contributed by atoms with Gasteiger partial charge in [-0.3, -0.25) is 0 Å². The van der Waals surface area contributed by atoms with Gasteiger partial charge in [0.05, 0.1) is 4.90 Å². The molecule has 1 fully saturated rings. The molecular formula is C15H24N2O2S. The van der Waals surface area contributed by atoms with Crippen molar-refractivity contribution in [2.45, 2.75) is 37.5 Å². The van der Waals surface area contributed by atoms with E-state index in [1.54, 1.807) is 12.1 Å². The molecule has 5 heteroatoms. The van der Waals surface area contributed by atoms with Crippen molar-refractivity contribution in [3.63, 3.8) is 0 Å². The first-order valence-electron chi connectivity index (χ1n) is 7.24. The third kappa shape index (κ3) is 3.81. The van der Waals surface area contributed by atoms with E-state index in [2.05, 4.69) is 17.0 Å². The van der Waals surface area contributed by atoms with Crippen LogP contribution in [0.2, 0.25) is 0 Å². The molecule has 0 radical (unpaired) electrons. The predicted molar refractivity (Wildman–Crippen MR) is 81.2 cm³/mol. The summed E-state index contributed by atoms with van der Waals surface area (Å²) in [5, 5.41) is 3.08. The maximum absolute atomic E-state index is 12.2. The van der Waals surface area contributed by atoms with Gasteiger partial charge in [-0.15, -0.1) is 0 Å². The molecule has 0 aliphatic heterocycles. The first-order chi connectivity index (χ1) is 9.51. The van der Waals surface area contributed by atoms with Crippen LogP contribution in [-0.2, 0) is 16.4 Å². The van der Waals surface area contributed by atoms with Crippen LogP contribution in [0.15, 0.2) is 29.2 Å². The molecule has 0 saturated heterocycles. The van der Waals surface area contributed by atoms with Crippen molar-refractivity contribution in [1.82, 2.24) is 10.0 Å². The van der Waals surface area contributed by atoms with Gasteiger partial charge in [0.2, 0.25) is 10.0 Å². The van der Waals surface area contributed by atoms with Crippen LogP contribution in [0.5, 0.6) is 0 Å². The minimum atomic E-state index is -3.37. The Morgan fingerprint density at radius 3 is 2.35 bits per heavy atom. The number of benzene rings is 1. The maximum atomic E-state index is 12.2. The van der Waals surface area contributed by atoms with E-state index in [9.17, 15) is 8.42 Å². The summed E-state index contributed by atoms with van der Waals surface area (Å²) in [4.78, 5) is 0.359. The standard InChI is InChI=1S/C15H24N2O2S/c1-3-15(9-10-15)12-17-20(18,19)14-6-4-13(5-7-14)8-11-16-2/h4-7,16-17H,3,8-12H2,1-2H3. The normalized spacial score (nSPS) is 17.1. The average Bonchev–Trinajstić information content (AvgIpc) is 3.24. The van der Waals surface area contributed by atoms with E-state index >= 15 is 0 Å². The van der Waals surface area contributed by atoms with E-state index in [-0.39, 0.29) is 5.41 Å². The second kappa shape index (κ2) is 6.24. The van der Waals surface area contributed by atoms with Crippen LogP contribution in [-0.4, -0.2) is 28.6 Å². The summed E-state index contributed by atoms with van der Waals surface area (Å²) in [5.41, 5.74) is 1.37. The lowest BCUT2D eigenvalue weighted by atomic mass is 10.1. The van der Waals surface area contributed by atoms with Gasteiger partial charge < -0.3 is 5.32 Å². The molecule has 0 spiro atoms. The highest BCUT2D eigenvalue weighted by atomic mass is 32.2. The van der Waals surface area contributed by atoms with Crippen LogP contribution in [0.25, 0.3) is 0 Å². The van der Waals surface area contributed by atoms with Crippen molar-refractivity contribution < 1.29 is 8.42 Å². The molecule has 112 valence electrons. The Bertz CT molecular complexity index is 533. The third-order valence-corrected chi connectivity index (χ3v) is 5.66. The lowest BCUT2D eigenvalue weighted by Gasteiger charge is -2.14. The number of rotatable bonds is 8. The van der Waals surface area contributed by atoms with Gasteiger partial charge in [-0.1, -0.05) is 19.1 Å². The summed E-state index contributed by atoms with van der Waals surface area (Å²) < 4.78 is 27.2. The van der Waals surface area contributed by atoms with Gasteiger partial charge in [-0.05, 0) is 62.4 Å². The van der Waals surface area contributed by atoms with Gasteiger partial charge in [-0.2, -0.15) is 0 Å². The van der Waals surface area contributed by atoms with E-state index in [0.29, 0.717) is 11.4 Å². The fourth-order valence-electron chi connectivity index (χ4n) is 2.27. The summed E-state index contributed by atoms with van der Waals surface area (Å²) in [6, 6.07) is 7.16. The minimum Gasteiger partial charge on any atom is -0.319 e. The Morgan fingerprint density at radius 1 is 1.20 bits per heavy atom. The average molecular weight is 296 g/mol. The first kappa shape index (κ1) is 15.5. The number of hydrogen-bond acceptors (Lipinski definition) is 3. The van der Waals surface area contributed by atoms with Gasteiger partial charge in [-0.25, -0.2) is 13.1 Å². The number of nitrogens with one attached hydrogen (secondary N) is 2. The molecule has 2 N–H and O–H groups in total. The molecule has 4 nitrogen and oxygen atoms in total. The highest BCUT2D eigenvalue weighted by molar-refractivity contribution is 7.89. The van der Waals surface area contributed by atoms with Crippen molar-refractivity contribution in [2.24, 2.45) is 5.41 Å². The summed E-state index contributed by atoms with van der Waals surface area (Å²) in [6.45, 7) is 3.58. The Kier molecular flexibility index (Phi) is 4.83. The summed E-state index contributed by atoms with van der Waals surface area (Å²) in [7, 11) is -1.46. The van der Waals surface area contributed by atoms with Gasteiger partial charge in [0, 0.05) is 6.54 Å². The molecule has 20 heavy (non-hydrogen) atoms. The van der Waals surface area contributed by atoms with Crippen LogP contribution >= 0.6 is 0 Å². The SMILES string of the molecule is CCC1(CNS(=O)(=O)c2ccc(CCNC)cc2)CC1. The molecule has 0 bridgehead atoms. The molecule has 1 aromatic rings. The lowest BCUT2D eigenvalue weighted by molar-refractivity contribution is 0.475. The van der Waals surface area contributed by atoms with Crippen molar-refractivity contribution in [3.05, 3.63) is 29.8 Å². The summed E-state index contributed by atoms with van der Waals surface area (Å²) in [5.74, 6) is 0. The zero-order chi connectivity index (χ0) is 14.6. The number of sulfonamides is 1. The highest BCUT2D eigenvalue weighted by Gasteiger charge is 2.41. The molecule has 1 saturated carbocycles. The summed E-state index contributed by atoms with van der Waals surface area (Å²) in [6.07, 6.45) is 4.21. The maximum Gasteiger partial charge on any atom is 0.240 e. The number of likely N-dealkylation sites (N-methyl/N-ethyl adjacent to an activating group) is 1. The van der Waals surface area contributed by atoms with Crippen molar-refractivity contribution in [3.8, 4) is 0 Å². The Morgan fingerprint density at radius 2 is 1.85 bits per heavy atom. The molecule has 0 amide bonds. The van der Waals surface area contributed by atoms with Gasteiger partial charge in [0.15, 0.2) is 0 Å². The van der Waals surface area contributed by atoms with Gasteiger partial charge >= 0.3 is 0 Å². The van der Waals surface area contributed by atoms with Crippen LogP contribution in [0, 0.1) is 5.41 Å². The van der Waals surface area contributed by atoms with E-state index in [0.717, 1.165) is 37.8 Å². The van der Waals surface area contributed by atoms with Crippen LogP contribution in [0.3, 0.4) is 0 Å². The fourth-order valence-corrected chi connectivity index (χ4v) is 3.43. The largest absolute Gasteiger partial charge is 0.319 e. The Labute approximate surface area is 122 Å². The molecule has 1 aliphatic rings. The van der Waals surface area contributed by atoms with Gasteiger partial charge in [0.25, 0.3) is 0 Å². The van der Waals surface area contributed by atoms with Crippen LogP contribution in [0.4, 0.5) is 0 Å². The Hall–Kier alpha value is -0.910. The highest BCUT2D eigenvalue weighted by Crippen LogP contribution is 2.48. The minimum absolute atomic E-state index is 0.222. The molecular weight excluding hydrogens is 272 g/mol. The second-order valence-corrected chi connectivity index (χ2v) is 7.44. The molecule has 1 aliphatic carbocycles. The quantitative estimate of drug-likeness (QED) is 0.770. The smallest absolute Gasteiger partial charge is 0.240 e. The monoisotopic (exact) mass is 296 g/mol. The van der Waals surface area contributed by atoms with Crippen molar-refractivity contribution >= 4 is 10.0 Å². The van der Waals surface area contributed by atoms with Crippen LogP contribution in [0.1, 0.15) is 31.7 Å². The van der Waals surface area contributed by atoms with Crippen LogP contribution < -0.4 is 10.0 Å². The summed E-state index contributed by atoms with van der Waals surface area (Å²) >= 11 is 0. The van der Waals surface area contributed by atoms with Gasteiger partial charge in [0.1, 0.15) is 0 Å². The zero-order valence-electron chi connectivity index (χ0n) is 12.3. The molecule has 0 aromatic heterocycles. The molecule has 0 heterocycles. The molecule has 2 rings (SSSR count). The predicted octanol–water partition coefficient (Wildman–Crippen LogP) is 1.92. The van der Waals surface area contributed by atoms with E-state index in [1.165, 1.54) is 0 Å². The molecule has 1 aromatic carbocycles. The lowest BCUT2D eigenvalue weighted by Crippen LogP contribution is -2.30. The van der Waals surface area contributed by atoms with E-state index < -0.39 is 10.0 Å². The van der Waals surface area contributed by atoms with Crippen molar-refractivity contribution in [2.75, 3.05) is 20.1 Å². The molecule has 0 unspecified atom stereocenters. The topological polar surface area (TPSA) is 58.2 Å². The van der Waals surface area contributed by atoms with Crippen molar-refractivity contribution in [1.29, 1.82) is 0 Å². The first-order valence-corrected chi connectivity index (χ1v) is 8.73. The fraction of sp³-hybridized carbons (Fsp3) is 0.600. The second-order valence-electron chi connectivity index (χ2n) is 5.68. The number of hydrogen-bond donors (Lipinski definition) is 2. The third-order valence-electron chi connectivity index (χ3n) is 4.24. The molecule has 0 atom stereocenters. The Balaban J connectivity index is 1.98. The zero-order valence-corrected chi connectivity index (χ0v) is 13.1.